The number of hydrogen-bond acceptors (Lipinski definition) is 6. The van der Waals surface area contributed by atoms with E-state index in [9.17, 15) is 9.59 Å². The Morgan fingerprint density at radius 3 is 2.91 bits per heavy atom. The minimum Gasteiger partial charge on any atom is -0.456 e. The Labute approximate surface area is 206 Å². The number of terminal acetylenes is 1. The van der Waals surface area contributed by atoms with E-state index in [1.54, 1.807) is 23.9 Å². The van der Waals surface area contributed by atoms with Crippen molar-refractivity contribution in [2.45, 2.75) is 19.4 Å². The summed E-state index contributed by atoms with van der Waals surface area (Å²) in [7, 11) is 1.67. The van der Waals surface area contributed by atoms with Crippen LogP contribution in [-0.2, 0) is 4.74 Å². The van der Waals surface area contributed by atoms with E-state index >= 15 is 0 Å². The van der Waals surface area contributed by atoms with Crippen LogP contribution in [0.4, 0.5) is 4.79 Å². The summed E-state index contributed by atoms with van der Waals surface area (Å²) in [4.78, 5) is 32.4. The molecule has 9 heteroatoms. The molecular formula is C26H24N4O4S. The van der Waals surface area contributed by atoms with Crippen LogP contribution in [0.25, 0.3) is 21.1 Å². The zero-order chi connectivity index (χ0) is 24.5. The number of aryl methyl sites for hydroxylation is 1. The Morgan fingerprint density at radius 2 is 2.14 bits per heavy atom. The summed E-state index contributed by atoms with van der Waals surface area (Å²) in [5.41, 5.74) is 2.26. The van der Waals surface area contributed by atoms with Crippen LogP contribution in [0.2, 0.25) is 0 Å². The summed E-state index contributed by atoms with van der Waals surface area (Å²) >= 11 is 1.38. The third-order valence-corrected chi connectivity index (χ3v) is 7.21. The van der Waals surface area contributed by atoms with Gasteiger partial charge in [0.15, 0.2) is 0 Å². The minimum absolute atomic E-state index is 0.0140. The van der Waals surface area contributed by atoms with Crippen molar-refractivity contribution in [3.8, 4) is 23.8 Å². The van der Waals surface area contributed by atoms with E-state index in [-0.39, 0.29) is 24.6 Å². The summed E-state index contributed by atoms with van der Waals surface area (Å²) in [5, 5.41) is 3.56. The van der Waals surface area contributed by atoms with Crippen LogP contribution < -0.4 is 10.1 Å². The molecule has 8 nitrogen and oxygen atoms in total. The number of benzene rings is 1. The fourth-order valence-corrected chi connectivity index (χ4v) is 5.39. The van der Waals surface area contributed by atoms with Gasteiger partial charge in [-0.05, 0) is 43.7 Å². The van der Waals surface area contributed by atoms with Crippen LogP contribution in [-0.4, -0.2) is 59.2 Å². The largest absolute Gasteiger partial charge is 0.456 e. The first-order valence-electron chi connectivity index (χ1n) is 11.2. The van der Waals surface area contributed by atoms with Crippen molar-refractivity contribution in [1.82, 2.24) is 19.8 Å². The topological polar surface area (TPSA) is 85.7 Å². The van der Waals surface area contributed by atoms with E-state index in [1.807, 2.05) is 42.2 Å². The molecule has 0 unspecified atom stereocenters. The van der Waals surface area contributed by atoms with Crippen LogP contribution in [0.3, 0.4) is 0 Å². The Morgan fingerprint density at radius 1 is 1.29 bits per heavy atom. The van der Waals surface area contributed by atoms with Crippen LogP contribution in [0.5, 0.6) is 11.5 Å². The summed E-state index contributed by atoms with van der Waals surface area (Å²) in [6, 6.07) is 10.8. The average Bonchev–Trinajstić information content (AvgIpc) is 3.58. The van der Waals surface area contributed by atoms with Gasteiger partial charge in [0.1, 0.15) is 11.5 Å². The first-order valence-corrected chi connectivity index (χ1v) is 12.0. The number of pyridine rings is 1. The molecule has 0 saturated carbocycles. The van der Waals surface area contributed by atoms with Gasteiger partial charge in [-0.2, -0.15) is 0 Å². The number of ether oxygens (including phenoxy) is 2. The second-order valence-electron chi connectivity index (χ2n) is 8.34. The number of carbonyl (C=O) groups excluding carboxylic acids is 2. The van der Waals surface area contributed by atoms with Crippen LogP contribution in [0.15, 0.2) is 42.6 Å². The molecule has 3 aromatic heterocycles. The van der Waals surface area contributed by atoms with E-state index in [2.05, 4.69) is 16.2 Å². The molecule has 1 saturated heterocycles. The van der Waals surface area contributed by atoms with Crippen molar-refractivity contribution in [1.29, 1.82) is 0 Å². The van der Waals surface area contributed by atoms with Crippen molar-refractivity contribution in [3.63, 3.8) is 0 Å². The zero-order valence-corrected chi connectivity index (χ0v) is 20.2. The summed E-state index contributed by atoms with van der Waals surface area (Å²) in [6.07, 6.45) is 7.85. The number of nitrogens with zero attached hydrogens (tertiary/aromatic N) is 3. The highest BCUT2D eigenvalue weighted by atomic mass is 32.1. The van der Waals surface area contributed by atoms with Crippen LogP contribution in [0.1, 0.15) is 21.8 Å². The van der Waals surface area contributed by atoms with Crippen LogP contribution >= 0.6 is 11.3 Å². The van der Waals surface area contributed by atoms with Gasteiger partial charge in [-0.15, -0.1) is 17.8 Å². The van der Waals surface area contributed by atoms with Gasteiger partial charge in [0.25, 0.3) is 5.91 Å². The molecule has 1 N–H and O–H groups in total. The maximum atomic E-state index is 13.0. The fourth-order valence-electron chi connectivity index (χ4n) is 4.36. The van der Waals surface area contributed by atoms with Crippen molar-refractivity contribution in [2.24, 2.45) is 0 Å². The molecule has 0 spiro atoms. The van der Waals surface area contributed by atoms with Crippen molar-refractivity contribution in [3.05, 3.63) is 53.2 Å². The highest BCUT2D eigenvalue weighted by Crippen LogP contribution is 2.36. The van der Waals surface area contributed by atoms with Gasteiger partial charge >= 0.3 is 6.03 Å². The molecule has 5 rings (SSSR count). The van der Waals surface area contributed by atoms with Crippen molar-refractivity contribution < 1.29 is 19.1 Å². The molecule has 1 aliphatic rings. The molecule has 1 fully saturated rings. The molecule has 178 valence electrons. The second kappa shape index (κ2) is 9.41. The van der Waals surface area contributed by atoms with E-state index in [4.69, 9.17) is 15.9 Å². The van der Waals surface area contributed by atoms with Gasteiger partial charge in [-0.3, -0.25) is 14.3 Å². The maximum absolute atomic E-state index is 13.0. The maximum Gasteiger partial charge on any atom is 0.327 e. The highest BCUT2D eigenvalue weighted by Gasteiger charge is 2.28. The first-order chi connectivity index (χ1) is 17.0. The quantitative estimate of drug-likeness (QED) is 0.421. The third kappa shape index (κ3) is 4.34. The molecule has 35 heavy (non-hydrogen) atoms. The number of hydrogen-bond donors (Lipinski definition) is 1. The number of thiophene rings is 1. The molecule has 0 aliphatic carbocycles. The zero-order valence-electron chi connectivity index (χ0n) is 19.4. The van der Waals surface area contributed by atoms with Gasteiger partial charge < -0.3 is 19.7 Å². The number of amides is 2. The number of aromatic nitrogens is 2. The predicted molar refractivity (Wildman–Crippen MR) is 135 cm³/mol. The standard InChI is InChI=1S/C26H24N4O4S/c1-4-9-28-26(32)30-16(2)12-17-13-18(5-6-21(17)30)34-22-7-10-27-20-14-23(35-24(20)22)25(31)29-11-8-19(15-29)33-3/h1,5-7,10,12-14,19H,8-9,11,15H2,2-3H3,(H,28,32)/t19-/m0/s1. The third-order valence-electron chi connectivity index (χ3n) is 6.08. The number of nitrogens with one attached hydrogen (secondary N) is 1. The highest BCUT2D eigenvalue weighted by molar-refractivity contribution is 7.21. The molecule has 4 heterocycles. The lowest BCUT2D eigenvalue weighted by atomic mass is 10.2. The smallest absolute Gasteiger partial charge is 0.327 e. The predicted octanol–water partition coefficient (Wildman–Crippen LogP) is 4.40. The molecule has 1 atom stereocenters. The lowest BCUT2D eigenvalue weighted by Crippen LogP contribution is -2.29. The number of methoxy groups -OCH3 is 1. The summed E-state index contributed by atoms with van der Waals surface area (Å²) in [5.74, 6) is 3.64. The number of carbonyl (C=O) groups is 2. The Kier molecular flexibility index (Phi) is 6.16. The SMILES string of the molecule is C#CCNC(=O)n1c(C)cc2cc(Oc3ccnc4cc(C(=O)N5CC[C@H](OC)C5)sc34)ccc21. The van der Waals surface area contributed by atoms with Gasteiger partial charge in [0, 0.05) is 43.5 Å². The van der Waals surface area contributed by atoms with Crippen molar-refractivity contribution >= 4 is 44.4 Å². The van der Waals surface area contributed by atoms with E-state index in [0.717, 1.165) is 27.7 Å². The molecule has 2 amide bonds. The molecule has 1 aliphatic heterocycles. The monoisotopic (exact) mass is 488 g/mol. The molecule has 4 aromatic rings. The molecular weight excluding hydrogens is 464 g/mol. The Hall–Kier alpha value is -3.87. The number of rotatable bonds is 5. The number of fused-ring (bicyclic) bond motifs is 2. The normalized spacial score (nSPS) is 15.5. The van der Waals surface area contributed by atoms with Crippen molar-refractivity contribution in [2.75, 3.05) is 26.7 Å². The first kappa shape index (κ1) is 22.9. The van der Waals surface area contributed by atoms with Crippen LogP contribution in [0, 0.1) is 19.3 Å². The van der Waals surface area contributed by atoms with Gasteiger partial charge in [0.05, 0.1) is 33.3 Å². The lowest BCUT2D eigenvalue weighted by molar-refractivity contribution is 0.0728. The van der Waals surface area contributed by atoms with E-state index < -0.39 is 0 Å². The van der Waals surface area contributed by atoms with E-state index in [1.165, 1.54) is 11.3 Å². The van der Waals surface area contributed by atoms with Gasteiger partial charge in [-0.1, -0.05) is 5.92 Å². The average molecular weight is 489 g/mol. The fraction of sp³-hybridized carbons (Fsp3) is 0.269. The Balaban J connectivity index is 1.41. The minimum atomic E-state index is -0.273. The van der Waals surface area contributed by atoms with Gasteiger partial charge in [-0.25, -0.2) is 4.79 Å². The number of likely N-dealkylation sites (tertiary alicyclic amines) is 1. The second-order valence-corrected chi connectivity index (χ2v) is 9.39. The lowest BCUT2D eigenvalue weighted by Gasteiger charge is -2.14. The molecule has 1 aromatic carbocycles. The summed E-state index contributed by atoms with van der Waals surface area (Å²) in [6.45, 7) is 3.30. The summed E-state index contributed by atoms with van der Waals surface area (Å²) < 4.78 is 14.0. The molecule has 0 radical (unpaired) electrons. The van der Waals surface area contributed by atoms with E-state index in [0.29, 0.717) is 35.0 Å². The Bertz CT molecular complexity index is 1480. The molecule has 0 bridgehead atoms. The van der Waals surface area contributed by atoms with Gasteiger partial charge in [0.2, 0.25) is 0 Å².